The molecule has 0 amide bonds. The van der Waals surface area contributed by atoms with E-state index in [2.05, 4.69) is 15.2 Å². The van der Waals surface area contributed by atoms with Gasteiger partial charge in [0.05, 0.1) is 5.69 Å². The van der Waals surface area contributed by atoms with Crippen molar-refractivity contribution in [2.24, 2.45) is 0 Å². The number of hydrogen-bond acceptors (Lipinski definition) is 5. The third-order valence-electron chi connectivity index (χ3n) is 3.03. The highest BCUT2D eigenvalue weighted by molar-refractivity contribution is 7.99. The Hall–Kier alpha value is -0.940. The van der Waals surface area contributed by atoms with Gasteiger partial charge in [0.2, 0.25) is 0 Å². The molecule has 0 atom stereocenters. The highest BCUT2D eigenvalue weighted by Crippen LogP contribution is 2.18. The summed E-state index contributed by atoms with van der Waals surface area (Å²) in [6.07, 6.45) is 1.80. The fraction of sp³-hybridized carbons (Fsp3) is 0.583. The lowest BCUT2D eigenvalue weighted by molar-refractivity contribution is 0.314. The standard InChI is InChI=1S/C12H20N4S/c1-10-2-3-14-12(11(10)13)15-4-5-16-6-8-17-9-7-16/h2-3H,4-9,13H2,1H3,(H,14,15). The zero-order valence-electron chi connectivity index (χ0n) is 10.3. The molecule has 4 nitrogen and oxygen atoms in total. The van der Waals surface area contributed by atoms with Crippen molar-refractivity contribution in [2.45, 2.75) is 6.92 Å². The van der Waals surface area contributed by atoms with Crippen molar-refractivity contribution in [3.63, 3.8) is 0 Å². The number of thioether (sulfide) groups is 1. The van der Waals surface area contributed by atoms with Crippen LogP contribution in [-0.4, -0.2) is 47.6 Å². The lowest BCUT2D eigenvalue weighted by Crippen LogP contribution is -2.36. The van der Waals surface area contributed by atoms with Crippen LogP contribution < -0.4 is 11.1 Å². The number of nitrogens with one attached hydrogen (secondary N) is 1. The van der Waals surface area contributed by atoms with E-state index in [1.165, 1.54) is 24.6 Å². The largest absolute Gasteiger partial charge is 0.396 e. The van der Waals surface area contributed by atoms with Crippen LogP contribution in [0.4, 0.5) is 11.5 Å². The number of hydrogen-bond donors (Lipinski definition) is 2. The first-order valence-corrected chi connectivity index (χ1v) is 7.18. The van der Waals surface area contributed by atoms with Crippen LogP contribution in [0.25, 0.3) is 0 Å². The third kappa shape index (κ3) is 3.51. The molecule has 17 heavy (non-hydrogen) atoms. The van der Waals surface area contributed by atoms with Crippen molar-refractivity contribution in [3.05, 3.63) is 17.8 Å². The van der Waals surface area contributed by atoms with E-state index in [0.717, 1.165) is 30.2 Å². The average Bonchev–Trinajstić information content (AvgIpc) is 2.36. The normalized spacial score (nSPS) is 17.0. The molecular formula is C12H20N4S. The van der Waals surface area contributed by atoms with E-state index in [0.29, 0.717) is 0 Å². The second-order valence-electron chi connectivity index (χ2n) is 4.27. The molecule has 2 rings (SSSR count). The molecule has 1 fully saturated rings. The molecule has 0 aliphatic carbocycles. The fourth-order valence-electron chi connectivity index (χ4n) is 1.87. The zero-order chi connectivity index (χ0) is 12.1. The topological polar surface area (TPSA) is 54.2 Å². The van der Waals surface area contributed by atoms with Crippen LogP contribution >= 0.6 is 11.8 Å². The monoisotopic (exact) mass is 252 g/mol. The molecule has 0 radical (unpaired) electrons. The number of rotatable bonds is 4. The van der Waals surface area contributed by atoms with Crippen LogP contribution in [0.3, 0.4) is 0 Å². The Morgan fingerprint density at radius 1 is 1.47 bits per heavy atom. The number of aryl methyl sites for hydroxylation is 1. The van der Waals surface area contributed by atoms with Crippen LogP contribution in [0.2, 0.25) is 0 Å². The van der Waals surface area contributed by atoms with Gasteiger partial charge < -0.3 is 11.1 Å². The van der Waals surface area contributed by atoms with E-state index in [4.69, 9.17) is 5.73 Å². The predicted octanol–water partition coefficient (Wildman–Crippen LogP) is 1.43. The summed E-state index contributed by atoms with van der Waals surface area (Å²) in [6, 6.07) is 1.93. The fourth-order valence-corrected chi connectivity index (χ4v) is 2.85. The Morgan fingerprint density at radius 2 is 2.24 bits per heavy atom. The summed E-state index contributed by atoms with van der Waals surface area (Å²) in [4.78, 5) is 6.74. The smallest absolute Gasteiger partial charge is 0.149 e. The quantitative estimate of drug-likeness (QED) is 0.849. The Morgan fingerprint density at radius 3 is 3.00 bits per heavy atom. The van der Waals surface area contributed by atoms with E-state index >= 15 is 0 Å². The molecule has 0 aromatic carbocycles. The highest BCUT2D eigenvalue weighted by Gasteiger charge is 2.09. The molecule has 2 heterocycles. The summed E-state index contributed by atoms with van der Waals surface area (Å²) in [5, 5.41) is 3.32. The number of pyridine rings is 1. The van der Waals surface area contributed by atoms with Crippen LogP contribution in [0.15, 0.2) is 12.3 Å². The Labute approximate surface area is 107 Å². The molecule has 1 aliphatic heterocycles. The Balaban J connectivity index is 1.79. The molecule has 1 aliphatic rings. The molecule has 94 valence electrons. The highest BCUT2D eigenvalue weighted by atomic mass is 32.2. The molecule has 1 aromatic rings. The predicted molar refractivity (Wildman–Crippen MR) is 75.6 cm³/mol. The number of aromatic nitrogens is 1. The van der Waals surface area contributed by atoms with Gasteiger partial charge in [-0.3, -0.25) is 4.90 Å². The van der Waals surface area contributed by atoms with Gasteiger partial charge in [0, 0.05) is 43.9 Å². The summed E-state index contributed by atoms with van der Waals surface area (Å²) in [5.41, 5.74) is 7.81. The third-order valence-corrected chi connectivity index (χ3v) is 3.97. The van der Waals surface area contributed by atoms with Crippen LogP contribution in [-0.2, 0) is 0 Å². The molecule has 0 saturated carbocycles. The van der Waals surface area contributed by atoms with Crippen molar-refractivity contribution in [3.8, 4) is 0 Å². The lowest BCUT2D eigenvalue weighted by Gasteiger charge is -2.26. The van der Waals surface area contributed by atoms with Gasteiger partial charge in [-0.1, -0.05) is 0 Å². The maximum Gasteiger partial charge on any atom is 0.149 e. The van der Waals surface area contributed by atoms with Gasteiger partial charge in [-0.15, -0.1) is 0 Å². The van der Waals surface area contributed by atoms with E-state index in [-0.39, 0.29) is 0 Å². The Bertz CT molecular complexity index is 364. The van der Waals surface area contributed by atoms with Gasteiger partial charge >= 0.3 is 0 Å². The minimum absolute atomic E-state index is 0.765. The molecular weight excluding hydrogens is 232 g/mol. The Kier molecular flexibility index (Phi) is 4.50. The van der Waals surface area contributed by atoms with E-state index in [1.807, 2.05) is 24.8 Å². The van der Waals surface area contributed by atoms with Gasteiger partial charge in [0.1, 0.15) is 5.82 Å². The minimum atomic E-state index is 0.765. The number of nitrogens with two attached hydrogens (primary N) is 1. The van der Waals surface area contributed by atoms with E-state index < -0.39 is 0 Å². The molecule has 1 aromatic heterocycles. The summed E-state index contributed by atoms with van der Waals surface area (Å²) in [6.45, 7) is 6.37. The van der Waals surface area contributed by atoms with Gasteiger partial charge in [-0.25, -0.2) is 4.98 Å². The summed E-state index contributed by atoms with van der Waals surface area (Å²) in [5.74, 6) is 3.33. The molecule has 3 N–H and O–H groups in total. The van der Waals surface area contributed by atoms with Gasteiger partial charge in [0.15, 0.2) is 0 Å². The first-order valence-electron chi connectivity index (χ1n) is 6.02. The zero-order valence-corrected chi connectivity index (χ0v) is 11.1. The molecule has 0 bridgehead atoms. The first-order chi connectivity index (χ1) is 8.27. The molecule has 0 unspecified atom stereocenters. The maximum atomic E-state index is 5.96. The maximum absolute atomic E-state index is 5.96. The molecule has 1 saturated heterocycles. The summed E-state index contributed by atoms with van der Waals surface area (Å²) < 4.78 is 0. The molecule has 0 spiro atoms. The minimum Gasteiger partial charge on any atom is -0.396 e. The summed E-state index contributed by atoms with van der Waals surface area (Å²) >= 11 is 2.04. The average molecular weight is 252 g/mol. The first kappa shape index (κ1) is 12.5. The van der Waals surface area contributed by atoms with Gasteiger partial charge in [-0.2, -0.15) is 11.8 Å². The second kappa shape index (κ2) is 6.12. The number of anilines is 2. The van der Waals surface area contributed by atoms with Crippen LogP contribution in [0.5, 0.6) is 0 Å². The number of nitrogens with zero attached hydrogens (tertiary/aromatic N) is 2. The van der Waals surface area contributed by atoms with Crippen molar-refractivity contribution in [2.75, 3.05) is 48.7 Å². The lowest BCUT2D eigenvalue weighted by atomic mass is 10.2. The van der Waals surface area contributed by atoms with E-state index in [9.17, 15) is 0 Å². The van der Waals surface area contributed by atoms with Crippen molar-refractivity contribution in [1.82, 2.24) is 9.88 Å². The van der Waals surface area contributed by atoms with Crippen LogP contribution in [0, 0.1) is 6.92 Å². The van der Waals surface area contributed by atoms with Crippen molar-refractivity contribution in [1.29, 1.82) is 0 Å². The summed E-state index contributed by atoms with van der Waals surface area (Å²) in [7, 11) is 0. The van der Waals surface area contributed by atoms with E-state index in [1.54, 1.807) is 6.20 Å². The SMILES string of the molecule is Cc1ccnc(NCCN2CCSCC2)c1N. The van der Waals surface area contributed by atoms with Crippen molar-refractivity contribution < 1.29 is 0 Å². The van der Waals surface area contributed by atoms with Gasteiger partial charge in [0.25, 0.3) is 0 Å². The van der Waals surface area contributed by atoms with Crippen molar-refractivity contribution >= 4 is 23.3 Å². The van der Waals surface area contributed by atoms with Crippen LogP contribution in [0.1, 0.15) is 5.56 Å². The molecule has 5 heteroatoms. The van der Waals surface area contributed by atoms with Gasteiger partial charge in [-0.05, 0) is 18.6 Å². The second-order valence-corrected chi connectivity index (χ2v) is 5.50. The number of nitrogen functional groups attached to an aromatic ring is 1.